The third-order valence-corrected chi connectivity index (χ3v) is 4.31. The molecule has 2 aromatic rings. The molecule has 6 heteroatoms. The van der Waals surface area contributed by atoms with Crippen LogP contribution in [0.5, 0.6) is 0 Å². The number of aryl methyl sites for hydroxylation is 1. The Morgan fingerprint density at radius 1 is 1.20 bits per heavy atom. The molecule has 2 rings (SSSR count). The molecule has 0 saturated heterocycles. The highest BCUT2D eigenvalue weighted by Crippen LogP contribution is 2.25. The van der Waals surface area contributed by atoms with Crippen molar-refractivity contribution in [2.45, 2.75) is 6.92 Å². The van der Waals surface area contributed by atoms with Gasteiger partial charge in [0, 0.05) is 4.47 Å². The van der Waals surface area contributed by atoms with Crippen molar-refractivity contribution in [1.29, 1.82) is 0 Å². The van der Waals surface area contributed by atoms with Crippen LogP contribution in [0.4, 0.5) is 5.69 Å². The van der Waals surface area contributed by atoms with Crippen molar-refractivity contribution >= 4 is 44.8 Å². The lowest BCUT2D eigenvalue weighted by Gasteiger charge is -2.06. The Balaban J connectivity index is 2.16. The lowest BCUT2D eigenvalue weighted by Crippen LogP contribution is -2.10. The summed E-state index contributed by atoms with van der Waals surface area (Å²) in [4.78, 5) is 24.3. The van der Waals surface area contributed by atoms with Gasteiger partial charge in [-0.2, -0.15) is 0 Å². The van der Waals surface area contributed by atoms with E-state index < -0.39 is 5.97 Å². The quantitative estimate of drug-likeness (QED) is 0.852. The van der Waals surface area contributed by atoms with Crippen LogP contribution in [0.3, 0.4) is 0 Å². The number of hydrogen-bond donors (Lipinski definition) is 1. The van der Waals surface area contributed by atoms with Gasteiger partial charge in [-0.15, -0.1) is 11.3 Å². The Bertz CT molecular complexity index is 666. The van der Waals surface area contributed by atoms with E-state index in [9.17, 15) is 9.59 Å². The van der Waals surface area contributed by atoms with Crippen LogP contribution >= 0.6 is 27.3 Å². The van der Waals surface area contributed by atoms with Crippen molar-refractivity contribution in [3.63, 3.8) is 0 Å². The molecule has 1 N–H and O–H groups in total. The minimum absolute atomic E-state index is 0.255. The molecule has 0 aliphatic rings. The fourth-order valence-electron chi connectivity index (χ4n) is 1.58. The number of esters is 1. The standard InChI is InChI=1S/C14H12BrNO3S/c1-8-3-4-10(9(15)7-8)16-13(17)11-5-6-12(20-11)14(18)19-2/h3-7H,1-2H3,(H,16,17). The molecule has 1 aromatic carbocycles. The fourth-order valence-corrected chi connectivity index (χ4v) is 2.99. The third kappa shape index (κ3) is 3.26. The monoisotopic (exact) mass is 353 g/mol. The molecule has 0 aliphatic carbocycles. The predicted molar refractivity (Wildman–Crippen MR) is 82.5 cm³/mol. The number of benzene rings is 1. The maximum absolute atomic E-state index is 12.1. The number of thiophene rings is 1. The van der Waals surface area contributed by atoms with Crippen LogP contribution < -0.4 is 5.32 Å². The van der Waals surface area contributed by atoms with Gasteiger partial charge in [0.2, 0.25) is 0 Å². The molecule has 4 nitrogen and oxygen atoms in total. The smallest absolute Gasteiger partial charge is 0.348 e. The summed E-state index contributed by atoms with van der Waals surface area (Å²) >= 11 is 4.50. The van der Waals surface area contributed by atoms with Crippen LogP contribution in [0.2, 0.25) is 0 Å². The second-order valence-corrected chi connectivity index (χ2v) is 6.03. The Labute approximate surface area is 128 Å². The van der Waals surface area contributed by atoms with Gasteiger partial charge in [-0.1, -0.05) is 6.07 Å². The average molecular weight is 354 g/mol. The summed E-state index contributed by atoms with van der Waals surface area (Å²) in [7, 11) is 1.31. The van der Waals surface area contributed by atoms with E-state index in [1.165, 1.54) is 7.11 Å². The first kappa shape index (κ1) is 14.7. The number of methoxy groups -OCH3 is 1. The first-order chi connectivity index (χ1) is 9.51. The molecule has 0 unspecified atom stereocenters. The minimum atomic E-state index is -0.439. The van der Waals surface area contributed by atoms with Crippen molar-refractivity contribution < 1.29 is 14.3 Å². The lowest BCUT2D eigenvalue weighted by atomic mass is 10.2. The Morgan fingerprint density at radius 2 is 1.90 bits per heavy atom. The highest BCUT2D eigenvalue weighted by molar-refractivity contribution is 9.10. The molecule has 1 aromatic heterocycles. The topological polar surface area (TPSA) is 55.4 Å². The average Bonchev–Trinajstić information content (AvgIpc) is 2.90. The van der Waals surface area contributed by atoms with E-state index in [0.29, 0.717) is 15.4 Å². The Kier molecular flexibility index (Phi) is 4.57. The van der Waals surface area contributed by atoms with Crippen molar-refractivity contribution in [2.75, 3.05) is 12.4 Å². The third-order valence-electron chi connectivity index (χ3n) is 2.59. The molecule has 0 spiro atoms. The summed E-state index contributed by atoms with van der Waals surface area (Å²) in [5, 5.41) is 2.80. The van der Waals surface area contributed by atoms with Gasteiger partial charge in [-0.3, -0.25) is 4.79 Å². The number of ether oxygens (including phenoxy) is 1. The van der Waals surface area contributed by atoms with Gasteiger partial charge < -0.3 is 10.1 Å². The van der Waals surface area contributed by atoms with Crippen molar-refractivity contribution in [3.8, 4) is 0 Å². The zero-order valence-corrected chi connectivity index (χ0v) is 13.3. The van der Waals surface area contributed by atoms with Gasteiger partial charge in [-0.25, -0.2) is 4.79 Å². The summed E-state index contributed by atoms with van der Waals surface area (Å²) in [6.07, 6.45) is 0. The molecule has 104 valence electrons. The highest BCUT2D eigenvalue weighted by Gasteiger charge is 2.14. The van der Waals surface area contributed by atoms with E-state index in [1.54, 1.807) is 12.1 Å². The number of nitrogens with one attached hydrogen (secondary N) is 1. The SMILES string of the molecule is COC(=O)c1ccc(C(=O)Nc2ccc(C)cc2Br)s1. The summed E-state index contributed by atoms with van der Waals surface area (Å²) in [6.45, 7) is 1.97. The second-order valence-electron chi connectivity index (χ2n) is 4.09. The van der Waals surface area contributed by atoms with Crippen LogP contribution in [0.15, 0.2) is 34.8 Å². The molecule has 0 radical (unpaired) electrons. The van der Waals surface area contributed by atoms with Gasteiger partial charge in [0.1, 0.15) is 4.88 Å². The van der Waals surface area contributed by atoms with Gasteiger partial charge in [0.25, 0.3) is 5.91 Å². The molecule has 0 aliphatic heterocycles. The summed E-state index contributed by atoms with van der Waals surface area (Å²) < 4.78 is 5.43. The van der Waals surface area contributed by atoms with Gasteiger partial charge in [0.15, 0.2) is 0 Å². The molecule has 0 saturated carbocycles. The van der Waals surface area contributed by atoms with Gasteiger partial charge in [0.05, 0.1) is 17.7 Å². The number of anilines is 1. The number of hydrogen-bond acceptors (Lipinski definition) is 4. The van der Waals surface area contributed by atoms with E-state index in [0.717, 1.165) is 21.4 Å². The van der Waals surface area contributed by atoms with E-state index in [1.807, 2.05) is 25.1 Å². The van der Waals surface area contributed by atoms with E-state index in [-0.39, 0.29) is 5.91 Å². The number of carbonyl (C=O) groups excluding carboxylic acids is 2. The predicted octanol–water partition coefficient (Wildman–Crippen LogP) is 3.86. The molecule has 0 fully saturated rings. The second kappa shape index (κ2) is 6.19. The molecule has 0 bridgehead atoms. The lowest BCUT2D eigenvalue weighted by molar-refractivity contribution is 0.0606. The van der Waals surface area contributed by atoms with Crippen molar-refractivity contribution in [1.82, 2.24) is 0 Å². The Morgan fingerprint density at radius 3 is 2.55 bits per heavy atom. The van der Waals surface area contributed by atoms with Crippen molar-refractivity contribution in [3.05, 3.63) is 50.1 Å². The molecule has 0 atom stereocenters. The number of rotatable bonds is 3. The summed E-state index contributed by atoms with van der Waals surface area (Å²) in [6, 6.07) is 8.84. The van der Waals surface area contributed by atoms with Crippen LogP contribution in [-0.4, -0.2) is 19.0 Å². The molecule has 20 heavy (non-hydrogen) atoms. The maximum Gasteiger partial charge on any atom is 0.348 e. The number of amides is 1. The highest BCUT2D eigenvalue weighted by atomic mass is 79.9. The minimum Gasteiger partial charge on any atom is -0.465 e. The first-order valence-electron chi connectivity index (χ1n) is 5.77. The fraction of sp³-hybridized carbons (Fsp3) is 0.143. The molecule has 1 heterocycles. The molecule has 1 amide bonds. The van der Waals surface area contributed by atoms with Crippen LogP contribution in [-0.2, 0) is 4.74 Å². The zero-order chi connectivity index (χ0) is 14.7. The Hall–Kier alpha value is -1.66. The normalized spacial score (nSPS) is 10.2. The number of halogens is 1. The molecular weight excluding hydrogens is 342 g/mol. The summed E-state index contributed by atoms with van der Waals surface area (Å²) in [5.74, 6) is -0.694. The van der Waals surface area contributed by atoms with Crippen molar-refractivity contribution in [2.24, 2.45) is 0 Å². The van der Waals surface area contributed by atoms with E-state index in [2.05, 4.69) is 26.0 Å². The maximum atomic E-state index is 12.1. The van der Waals surface area contributed by atoms with Crippen LogP contribution in [0.1, 0.15) is 24.9 Å². The van der Waals surface area contributed by atoms with Gasteiger partial charge in [-0.05, 0) is 52.7 Å². The summed E-state index contributed by atoms with van der Waals surface area (Å²) in [5.41, 5.74) is 1.78. The zero-order valence-electron chi connectivity index (χ0n) is 10.9. The van der Waals surface area contributed by atoms with Crippen LogP contribution in [0, 0.1) is 6.92 Å². The molecular formula is C14H12BrNO3S. The van der Waals surface area contributed by atoms with E-state index in [4.69, 9.17) is 0 Å². The first-order valence-corrected chi connectivity index (χ1v) is 7.38. The largest absolute Gasteiger partial charge is 0.465 e. The van der Waals surface area contributed by atoms with Crippen LogP contribution in [0.25, 0.3) is 0 Å². The van der Waals surface area contributed by atoms with E-state index >= 15 is 0 Å². The number of carbonyl (C=O) groups is 2. The van der Waals surface area contributed by atoms with Gasteiger partial charge >= 0.3 is 5.97 Å².